The predicted molar refractivity (Wildman–Crippen MR) is 65.3 cm³/mol. The molecule has 1 aromatic heterocycles. The van der Waals surface area contributed by atoms with Gasteiger partial charge in [0.2, 0.25) is 0 Å². The minimum Gasteiger partial charge on any atom is -0.396 e. The van der Waals surface area contributed by atoms with Gasteiger partial charge in [0.25, 0.3) is 0 Å². The molecule has 0 aromatic carbocycles. The molecule has 0 aliphatic carbocycles. The zero-order valence-corrected chi connectivity index (χ0v) is 9.47. The molecular weight excluding hydrogens is 202 g/mol. The zero-order chi connectivity index (χ0) is 11.4. The summed E-state index contributed by atoms with van der Waals surface area (Å²) >= 11 is 0. The van der Waals surface area contributed by atoms with Gasteiger partial charge in [-0.15, -0.1) is 0 Å². The molecule has 1 atom stereocenters. The number of nitrogens with two attached hydrogens (primary N) is 1. The highest BCUT2D eigenvalue weighted by Gasteiger charge is 2.22. The van der Waals surface area contributed by atoms with Crippen molar-refractivity contribution >= 4 is 11.6 Å². The highest BCUT2D eigenvalue weighted by molar-refractivity contribution is 5.46. The van der Waals surface area contributed by atoms with E-state index < -0.39 is 0 Å². The molecule has 1 saturated heterocycles. The standard InChI is InChI=1S/C12H19N3O/c13-11-5-3-6-12(14-11)15-8-2-1-4-10(15)7-9-16/h3,5-6,10,16H,1-2,4,7-9H2,(H2,13,14). The number of nitrogen functional groups attached to an aromatic ring is 1. The summed E-state index contributed by atoms with van der Waals surface area (Å²) < 4.78 is 0. The van der Waals surface area contributed by atoms with E-state index in [1.807, 2.05) is 12.1 Å². The Hall–Kier alpha value is -1.29. The third-order valence-electron chi connectivity index (χ3n) is 3.14. The lowest BCUT2D eigenvalue weighted by molar-refractivity contribution is 0.262. The first-order valence-electron chi connectivity index (χ1n) is 5.91. The second-order valence-electron chi connectivity index (χ2n) is 4.28. The molecule has 0 radical (unpaired) electrons. The van der Waals surface area contributed by atoms with Gasteiger partial charge in [-0.05, 0) is 37.8 Å². The van der Waals surface area contributed by atoms with Crippen LogP contribution in [0.1, 0.15) is 25.7 Å². The molecule has 88 valence electrons. The average molecular weight is 221 g/mol. The zero-order valence-electron chi connectivity index (χ0n) is 9.47. The second kappa shape index (κ2) is 5.16. The Morgan fingerprint density at radius 1 is 1.44 bits per heavy atom. The maximum atomic E-state index is 9.07. The highest BCUT2D eigenvalue weighted by Crippen LogP contribution is 2.25. The van der Waals surface area contributed by atoms with Gasteiger partial charge in [0.05, 0.1) is 0 Å². The molecule has 1 fully saturated rings. The van der Waals surface area contributed by atoms with Gasteiger partial charge in [-0.25, -0.2) is 4.98 Å². The van der Waals surface area contributed by atoms with Gasteiger partial charge in [0.1, 0.15) is 11.6 Å². The molecule has 1 aromatic rings. The van der Waals surface area contributed by atoms with Crippen molar-refractivity contribution in [1.29, 1.82) is 0 Å². The van der Waals surface area contributed by atoms with Crippen LogP contribution in [0.15, 0.2) is 18.2 Å². The summed E-state index contributed by atoms with van der Waals surface area (Å²) in [6.45, 7) is 1.25. The lowest BCUT2D eigenvalue weighted by atomic mass is 9.99. The van der Waals surface area contributed by atoms with Crippen molar-refractivity contribution in [3.05, 3.63) is 18.2 Å². The fourth-order valence-corrected chi connectivity index (χ4v) is 2.35. The predicted octanol–water partition coefficient (Wildman–Crippen LogP) is 1.41. The molecule has 2 rings (SSSR count). The van der Waals surface area contributed by atoms with Crippen LogP contribution < -0.4 is 10.6 Å². The van der Waals surface area contributed by atoms with Crippen LogP contribution in [-0.4, -0.2) is 29.3 Å². The number of pyridine rings is 1. The molecule has 1 unspecified atom stereocenters. The SMILES string of the molecule is Nc1cccc(N2CCCCC2CCO)n1. The molecule has 2 heterocycles. The monoisotopic (exact) mass is 221 g/mol. The first kappa shape index (κ1) is 11.2. The number of anilines is 2. The molecule has 3 N–H and O–H groups in total. The molecule has 4 heteroatoms. The summed E-state index contributed by atoms with van der Waals surface area (Å²) in [4.78, 5) is 6.63. The van der Waals surface area contributed by atoms with E-state index in [-0.39, 0.29) is 6.61 Å². The number of aromatic nitrogens is 1. The Labute approximate surface area is 96.1 Å². The van der Waals surface area contributed by atoms with Crippen LogP contribution in [0.2, 0.25) is 0 Å². The molecule has 16 heavy (non-hydrogen) atoms. The highest BCUT2D eigenvalue weighted by atomic mass is 16.3. The van der Waals surface area contributed by atoms with Gasteiger partial charge >= 0.3 is 0 Å². The summed E-state index contributed by atoms with van der Waals surface area (Å²) in [5.74, 6) is 1.50. The molecule has 0 spiro atoms. The van der Waals surface area contributed by atoms with Crippen LogP contribution in [0.4, 0.5) is 11.6 Å². The fraction of sp³-hybridized carbons (Fsp3) is 0.583. The van der Waals surface area contributed by atoms with E-state index in [9.17, 15) is 0 Å². The van der Waals surface area contributed by atoms with Crippen LogP contribution in [-0.2, 0) is 0 Å². The Morgan fingerprint density at radius 2 is 2.31 bits per heavy atom. The van der Waals surface area contributed by atoms with Crippen LogP contribution in [0.25, 0.3) is 0 Å². The van der Waals surface area contributed by atoms with Crippen molar-refractivity contribution < 1.29 is 5.11 Å². The van der Waals surface area contributed by atoms with Crippen molar-refractivity contribution in [3.63, 3.8) is 0 Å². The van der Waals surface area contributed by atoms with E-state index >= 15 is 0 Å². The van der Waals surface area contributed by atoms with E-state index in [0.717, 1.165) is 25.2 Å². The van der Waals surface area contributed by atoms with Crippen molar-refractivity contribution in [2.24, 2.45) is 0 Å². The first-order valence-corrected chi connectivity index (χ1v) is 5.91. The number of aliphatic hydroxyl groups is 1. The molecular formula is C12H19N3O. The van der Waals surface area contributed by atoms with Gasteiger partial charge in [-0.1, -0.05) is 6.07 Å². The summed E-state index contributed by atoms with van der Waals surface area (Å²) in [6, 6.07) is 6.14. The normalized spacial score (nSPS) is 21.1. The number of rotatable bonds is 3. The van der Waals surface area contributed by atoms with Crippen LogP contribution in [0, 0.1) is 0 Å². The number of aliphatic hydroxyl groups excluding tert-OH is 1. The molecule has 1 aliphatic heterocycles. The van der Waals surface area contributed by atoms with Crippen molar-refractivity contribution in [3.8, 4) is 0 Å². The lowest BCUT2D eigenvalue weighted by Crippen LogP contribution is -2.40. The van der Waals surface area contributed by atoms with Crippen molar-refractivity contribution in [2.45, 2.75) is 31.7 Å². The molecule has 4 nitrogen and oxygen atoms in total. The Kier molecular flexibility index (Phi) is 3.62. The Balaban J connectivity index is 2.16. The van der Waals surface area contributed by atoms with E-state index in [1.165, 1.54) is 12.8 Å². The average Bonchev–Trinajstić information content (AvgIpc) is 2.30. The minimum atomic E-state index is 0.240. The smallest absolute Gasteiger partial charge is 0.131 e. The quantitative estimate of drug-likeness (QED) is 0.810. The Morgan fingerprint density at radius 3 is 3.06 bits per heavy atom. The molecule has 0 amide bonds. The molecule has 1 aliphatic rings. The maximum Gasteiger partial charge on any atom is 0.131 e. The van der Waals surface area contributed by atoms with Gasteiger partial charge in [0.15, 0.2) is 0 Å². The van der Waals surface area contributed by atoms with E-state index in [0.29, 0.717) is 11.9 Å². The number of piperidine rings is 1. The summed E-state index contributed by atoms with van der Waals surface area (Å²) in [5, 5.41) is 9.07. The topological polar surface area (TPSA) is 62.4 Å². The number of hydrogen-bond donors (Lipinski definition) is 2. The fourth-order valence-electron chi connectivity index (χ4n) is 2.35. The number of hydrogen-bond acceptors (Lipinski definition) is 4. The number of nitrogens with zero attached hydrogens (tertiary/aromatic N) is 2. The van der Waals surface area contributed by atoms with E-state index in [2.05, 4.69) is 9.88 Å². The molecule has 0 bridgehead atoms. The van der Waals surface area contributed by atoms with Crippen LogP contribution >= 0.6 is 0 Å². The second-order valence-corrected chi connectivity index (χ2v) is 4.28. The van der Waals surface area contributed by atoms with Gasteiger partial charge in [0, 0.05) is 19.2 Å². The Bertz CT molecular complexity index is 341. The lowest BCUT2D eigenvalue weighted by Gasteiger charge is -2.36. The van der Waals surface area contributed by atoms with E-state index in [1.54, 1.807) is 6.07 Å². The van der Waals surface area contributed by atoms with Gasteiger partial charge in [-0.2, -0.15) is 0 Å². The van der Waals surface area contributed by atoms with Crippen molar-refractivity contribution in [2.75, 3.05) is 23.8 Å². The third kappa shape index (κ3) is 2.44. The molecule has 0 saturated carbocycles. The minimum absolute atomic E-state index is 0.240. The van der Waals surface area contributed by atoms with Crippen molar-refractivity contribution in [1.82, 2.24) is 4.98 Å². The van der Waals surface area contributed by atoms with Gasteiger partial charge in [-0.3, -0.25) is 0 Å². The largest absolute Gasteiger partial charge is 0.396 e. The van der Waals surface area contributed by atoms with E-state index in [4.69, 9.17) is 10.8 Å². The van der Waals surface area contributed by atoms with Crippen LogP contribution in [0.3, 0.4) is 0 Å². The summed E-state index contributed by atoms with van der Waals surface area (Å²) in [5.41, 5.74) is 5.70. The summed E-state index contributed by atoms with van der Waals surface area (Å²) in [6.07, 6.45) is 4.38. The third-order valence-corrected chi connectivity index (χ3v) is 3.14. The van der Waals surface area contributed by atoms with Gasteiger partial charge < -0.3 is 15.7 Å². The first-order chi connectivity index (χ1) is 7.81. The van der Waals surface area contributed by atoms with Crippen LogP contribution in [0.5, 0.6) is 0 Å². The maximum absolute atomic E-state index is 9.07. The summed E-state index contributed by atoms with van der Waals surface area (Å²) in [7, 11) is 0.